The van der Waals surface area contributed by atoms with Gasteiger partial charge in [0.15, 0.2) is 0 Å². The fourth-order valence-corrected chi connectivity index (χ4v) is 4.56. The maximum atomic E-state index is 14.7. The van der Waals surface area contributed by atoms with Gasteiger partial charge in [0.05, 0.1) is 29.7 Å². The maximum absolute atomic E-state index is 14.7. The van der Waals surface area contributed by atoms with Gasteiger partial charge in [-0.1, -0.05) is 12.1 Å². The van der Waals surface area contributed by atoms with Crippen molar-refractivity contribution < 1.29 is 8.78 Å². The van der Waals surface area contributed by atoms with E-state index in [9.17, 15) is 13.6 Å². The van der Waals surface area contributed by atoms with E-state index < -0.39 is 17.8 Å². The molecule has 3 heterocycles. The SMILES string of the molecule is CN(C)CCNCn1nc2c3c(cc(F)cc3c1=O)N[C@H](c1ccc(F)cc1)[C@H]2c1ncnn1C. The lowest BCUT2D eigenvalue weighted by atomic mass is 9.83. The van der Waals surface area contributed by atoms with E-state index in [0.29, 0.717) is 29.1 Å². The topological polar surface area (TPSA) is 92.9 Å². The van der Waals surface area contributed by atoms with Crippen LogP contribution < -0.4 is 16.2 Å². The van der Waals surface area contributed by atoms with Gasteiger partial charge in [0, 0.05) is 31.2 Å². The molecule has 0 aliphatic carbocycles. The standard InChI is InChI=1S/C24H26F2N8O/c1-32(2)9-8-27-13-34-24(35)17-10-16(26)11-18-19(17)22(31-34)20(23-28-12-29-33(23)3)21(30-18)14-4-6-15(25)7-5-14/h4-7,10-12,20-21,27,30H,8-9,13H2,1-3H3/t20-,21-/m1/s1. The molecular formula is C24H26F2N8O. The molecule has 9 nitrogen and oxygen atoms in total. The first-order valence-electron chi connectivity index (χ1n) is 11.3. The van der Waals surface area contributed by atoms with E-state index in [0.717, 1.165) is 12.1 Å². The van der Waals surface area contributed by atoms with Gasteiger partial charge in [0.2, 0.25) is 0 Å². The number of hydrogen-bond acceptors (Lipinski definition) is 7. The van der Waals surface area contributed by atoms with Gasteiger partial charge in [-0.15, -0.1) is 0 Å². The van der Waals surface area contributed by atoms with Gasteiger partial charge < -0.3 is 10.2 Å². The van der Waals surface area contributed by atoms with Crippen LogP contribution in [0.4, 0.5) is 14.5 Å². The van der Waals surface area contributed by atoms with Crippen molar-refractivity contribution in [2.45, 2.75) is 18.6 Å². The first kappa shape index (κ1) is 23.1. The Kier molecular flexibility index (Phi) is 6.03. The normalized spacial score (nSPS) is 17.2. The maximum Gasteiger partial charge on any atom is 0.276 e. The second kappa shape index (κ2) is 9.16. The minimum Gasteiger partial charge on any atom is -0.376 e. The summed E-state index contributed by atoms with van der Waals surface area (Å²) in [6.07, 6.45) is 1.45. The lowest BCUT2D eigenvalue weighted by Crippen LogP contribution is -2.37. The molecule has 5 rings (SSSR count). The highest BCUT2D eigenvalue weighted by molar-refractivity contribution is 5.97. The van der Waals surface area contributed by atoms with Gasteiger partial charge in [-0.05, 0) is 43.9 Å². The van der Waals surface area contributed by atoms with Crippen LogP contribution in [-0.4, -0.2) is 56.6 Å². The van der Waals surface area contributed by atoms with Crippen LogP contribution in [0, 0.1) is 11.6 Å². The molecule has 1 aliphatic heterocycles. The number of nitrogens with zero attached hydrogens (tertiary/aromatic N) is 6. The quantitative estimate of drug-likeness (QED) is 0.392. The molecule has 4 aromatic rings. The molecule has 2 aromatic heterocycles. The van der Waals surface area contributed by atoms with E-state index in [4.69, 9.17) is 5.10 Å². The number of hydrogen-bond donors (Lipinski definition) is 2. The Bertz CT molecular complexity index is 1430. The van der Waals surface area contributed by atoms with E-state index >= 15 is 0 Å². The Morgan fingerprint density at radius 1 is 1.14 bits per heavy atom. The minimum atomic E-state index is -0.531. The fraction of sp³-hybridized carbons (Fsp3) is 0.333. The first-order valence-corrected chi connectivity index (χ1v) is 11.3. The number of halogens is 2. The van der Waals surface area contributed by atoms with Crippen LogP contribution in [0.5, 0.6) is 0 Å². The molecule has 11 heteroatoms. The molecule has 0 spiro atoms. The Morgan fingerprint density at radius 2 is 1.91 bits per heavy atom. The summed E-state index contributed by atoms with van der Waals surface area (Å²) < 4.78 is 31.3. The molecule has 0 saturated heterocycles. The smallest absolute Gasteiger partial charge is 0.276 e. The predicted molar refractivity (Wildman–Crippen MR) is 128 cm³/mol. The molecular weight excluding hydrogens is 454 g/mol. The molecule has 0 fully saturated rings. The summed E-state index contributed by atoms with van der Waals surface area (Å²) in [6.45, 7) is 1.60. The third kappa shape index (κ3) is 4.28. The molecule has 0 unspecified atom stereocenters. The van der Waals surface area contributed by atoms with Crippen molar-refractivity contribution in [3.8, 4) is 0 Å². The van der Waals surface area contributed by atoms with Crippen molar-refractivity contribution in [3.05, 3.63) is 81.8 Å². The van der Waals surface area contributed by atoms with E-state index in [-0.39, 0.29) is 23.4 Å². The lowest BCUT2D eigenvalue weighted by molar-refractivity contribution is 0.380. The highest BCUT2D eigenvalue weighted by Crippen LogP contribution is 2.46. The summed E-state index contributed by atoms with van der Waals surface area (Å²) in [5.74, 6) is -0.746. The predicted octanol–water partition coefficient (Wildman–Crippen LogP) is 2.21. The van der Waals surface area contributed by atoms with Crippen molar-refractivity contribution in [1.82, 2.24) is 34.8 Å². The third-order valence-electron chi connectivity index (χ3n) is 6.24. The second-order valence-corrected chi connectivity index (χ2v) is 8.92. The summed E-state index contributed by atoms with van der Waals surface area (Å²) >= 11 is 0. The van der Waals surface area contributed by atoms with E-state index in [2.05, 4.69) is 20.7 Å². The number of anilines is 1. The zero-order valence-electron chi connectivity index (χ0n) is 19.7. The van der Waals surface area contributed by atoms with Gasteiger partial charge in [-0.3, -0.25) is 14.8 Å². The second-order valence-electron chi connectivity index (χ2n) is 8.92. The Labute approximate surface area is 200 Å². The van der Waals surface area contributed by atoms with Crippen molar-refractivity contribution in [2.24, 2.45) is 7.05 Å². The van der Waals surface area contributed by atoms with Crippen LogP contribution in [-0.2, 0) is 13.7 Å². The summed E-state index contributed by atoms with van der Waals surface area (Å²) in [5, 5.41) is 16.4. The van der Waals surface area contributed by atoms with Gasteiger partial charge >= 0.3 is 0 Å². The molecule has 0 saturated carbocycles. The van der Waals surface area contributed by atoms with Crippen molar-refractivity contribution >= 4 is 16.5 Å². The fourth-order valence-electron chi connectivity index (χ4n) is 4.56. The number of rotatable bonds is 7. The summed E-state index contributed by atoms with van der Waals surface area (Å²) in [7, 11) is 5.70. The molecule has 2 atom stereocenters. The average Bonchev–Trinajstić information content (AvgIpc) is 3.24. The number of aryl methyl sites for hydroxylation is 1. The van der Waals surface area contributed by atoms with Gasteiger partial charge in [-0.2, -0.15) is 10.2 Å². The molecule has 35 heavy (non-hydrogen) atoms. The molecule has 0 radical (unpaired) electrons. The Morgan fingerprint density at radius 3 is 2.60 bits per heavy atom. The summed E-state index contributed by atoms with van der Waals surface area (Å²) in [5.41, 5.74) is 1.42. The number of aromatic nitrogens is 5. The zero-order valence-corrected chi connectivity index (χ0v) is 19.7. The van der Waals surface area contributed by atoms with Crippen LogP contribution >= 0.6 is 0 Å². The third-order valence-corrected chi connectivity index (χ3v) is 6.24. The van der Waals surface area contributed by atoms with Gasteiger partial charge in [0.1, 0.15) is 23.8 Å². The van der Waals surface area contributed by atoms with Crippen LogP contribution in [0.2, 0.25) is 0 Å². The van der Waals surface area contributed by atoms with Crippen molar-refractivity contribution in [1.29, 1.82) is 0 Å². The number of nitrogens with one attached hydrogen (secondary N) is 2. The molecule has 182 valence electrons. The monoisotopic (exact) mass is 480 g/mol. The molecule has 2 aromatic carbocycles. The highest BCUT2D eigenvalue weighted by Gasteiger charge is 2.38. The Hall–Kier alpha value is -3.70. The highest BCUT2D eigenvalue weighted by atomic mass is 19.1. The van der Waals surface area contributed by atoms with Crippen LogP contribution in [0.1, 0.15) is 29.0 Å². The molecule has 2 N–H and O–H groups in total. The van der Waals surface area contributed by atoms with Crippen molar-refractivity contribution in [2.75, 3.05) is 32.5 Å². The molecule has 0 bridgehead atoms. The van der Waals surface area contributed by atoms with E-state index in [1.165, 1.54) is 35.3 Å². The van der Waals surface area contributed by atoms with E-state index in [1.807, 2.05) is 19.0 Å². The van der Waals surface area contributed by atoms with Crippen LogP contribution in [0.3, 0.4) is 0 Å². The molecule has 1 aliphatic rings. The summed E-state index contributed by atoms with van der Waals surface area (Å²) in [4.78, 5) is 19.8. The zero-order chi connectivity index (χ0) is 24.7. The molecule has 0 amide bonds. The largest absolute Gasteiger partial charge is 0.376 e. The summed E-state index contributed by atoms with van der Waals surface area (Å²) in [6, 6.07) is 8.27. The average molecular weight is 481 g/mol. The number of likely N-dealkylation sites (N-methyl/N-ethyl adjacent to an activating group) is 1. The van der Waals surface area contributed by atoms with Crippen molar-refractivity contribution in [3.63, 3.8) is 0 Å². The first-order chi connectivity index (χ1) is 16.8. The lowest BCUT2D eigenvalue weighted by Gasteiger charge is -2.34. The number of benzene rings is 2. The van der Waals surface area contributed by atoms with Gasteiger partial charge in [-0.25, -0.2) is 18.4 Å². The minimum absolute atomic E-state index is 0.168. The van der Waals surface area contributed by atoms with Crippen LogP contribution in [0.15, 0.2) is 47.5 Å². The van der Waals surface area contributed by atoms with Gasteiger partial charge in [0.25, 0.3) is 5.56 Å². The Balaban J connectivity index is 1.70. The van der Waals surface area contributed by atoms with Crippen LogP contribution in [0.25, 0.3) is 10.8 Å². The van der Waals surface area contributed by atoms with E-state index in [1.54, 1.807) is 23.9 Å².